The van der Waals surface area contributed by atoms with Crippen LogP contribution in [0.4, 0.5) is 0 Å². The molecule has 1 fully saturated rings. The third-order valence-corrected chi connectivity index (χ3v) is 5.49. The first-order chi connectivity index (χ1) is 13.7. The predicted molar refractivity (Wildman–Crippen MR) is 107 cm³/mol. The van der Waals surface area contributed by atoms with Crippen molar-refractivity contribution in [2.45, 2.75) is 32.2 Å². The van der Waals surface area contributed by atoms with E-state index in [9.17, 15) is 0 Å². The molecule has 0 radical (unpaired) electrons. The second kappa shape index (κ2) is 7.20. The average molecular weight is 373 g/mol. The van der Waals surface area contributed by atoms with Gasteiger partial charge in [0.15, 0.2) is 11.5 Å². The summed E-state index contributed by atoms with van der Waals surface area (Å²) in [6.07, 6.45) is 7.82. The standard InChI is InChI=1S/C22H23N5O/c1-16-2-4-20(28-16)15-26-12-8-18(9-13-26)22-24-21-5-3-19(14-27(21)25-22)17-6-10-23-11-7-17/h2-7,10-11,14,18H,8-9,12-13,15H2,1H3. The third-order valence-electron chi connectivity index (χ3n) is 5.49. The summed E-state index contributed by atoms with van der Waals surface area (Å²) in [5.74, 6) is 3.40. The molecule has 0 aromatic carbocycles. The molecule has 0 saturated carbocycles. The molecule has 1 aliphatic heterocycles. The van der Waals surface area contributed by atoms with E-state index in [0.29, 0.717) is 5.92 Å². The molecule has 5 heterocycles. The van der Waals surface area contributed by atoms with Crippen molar-refractivity contribution in [2.75, 3.05) is 13.1 Å². The Morgan fingerprint density at radius 1 is 1.00 bits per heavy atom. The Morgan fingerprint density at radius 3 is 2.57 bits per heavy atom. The van der Waals surface area contributed by atoms with Crippen LogP contribution in [-0.2, 0) is 6.54 Å². The SMILES string of the molecule is Cc1ccc(CN2CCC(c3nc4ccc(-c5ccncc5)cn4n3)CC2)o1. The first-order valence-corrected chi connectivity index (χ1v) is 9.79. The van der Waals surface area contributed by atoms with Gasteiger partial charge in [0.05, 0.1) is 6.54 Å². The smallest absolute Gasteiger partial charge is 0.155 e. The lowest BCUT2D eigenvalue weighted by Crippen LogP contribution is -2.32. The monoisotopic (exact) mass is 373 g/mol. The van der Waals surface area contributed by atoms with Crippen molar-refractivity contribution in [2.24, 2.45) is 0 Å². The Hall–Kier alpha value is -2.99. The van der Waals surface area contributed by atoms with E-state index < -0.39 is 0 Å². The van der Waals surface area contributed by atoms with Crippen molar-refractivity contribution in [3.05, 3.63) is 72.3 Å². The number of nitrogens with zero attached hydrogens (tertiary/aromatic N) is 5. The zero-order valence-corrected chi connectivity index (χ0v) is 16.0. The van der Waals surface area contributed by atoms with Crippen LogP contribution in [0.15, 0.2) is 59.4 Å². The number of rotatable bonds is 4. The van der Waals surface area contributed by atoms with Crippen LogP contribution in [0.25, 0.3) is 16.8 Å². The van der Waals surface area contributed by atoms with E-state index in [0.717, 1.165) is 66.6 Å². The molecule has 0 N–H and O–H groups in total. The Kier molecular flexibility index (Phi) is 4.41. The van der Waals surface area contributed by atoms with Gasteiger partial charge in [0.1, 0.15) is 11.5 Å². The number of hydrogen-bond acceptors (Lipinski definition) is 5. The van der Waals surface area contributed by atoms with E-state index in [1.165, 1.54) is 0 Å². The number of likely N-dealkylation sites (tertiary alicyclic amines) is 1. The van der Waals surface area contributed by atoms with E-state index >= 15 is 0 Å². The summed E-state index contributed by atoms with van der Waals surface area (Å²) in [7, 11) is 0. The fourth-order valence-electron chi connectivity index (χ4n) is 3.93. The number of furan rings is 1. The zero-order chi connectivity index (χ0) is 18.9. The molecule has 4 aromatic heterocycles. The van der Waals surface area contributed by atoms with Gasteiger partial charge < -0.3 is 4.42 Å². The second-order valence-electron chi connectivity index (χ2n) is 7.49. The molecule has 0 bridgehead atoms. The number of aryl methyl sites for hydroxylation is 1. The van der Waals surface area contributed by atoms with E-state index in [2.05, 4.69) is 28.2 Å². The zero-order valence-electron chi connectivity index (χ0n) is 16.0. The molecular formula is C22H23N5O. The molecule has 6 nitrogen and oxygen atoms in total. The Labute approximate surface area is 163 Å². The number of hydrogen-bond donors (Lipinski definition) is 0. The fraction of sp³-hybridized carbons (Fsp3) is 0.318. The number of piperidine rings is 1. The maximum Gasteiger partial charge on any atom is 0.155 e. The van der Waals surface area contributed by atoms with Gasteiger partial charge in [-0.2, -0.15) is 5.10 Å². The number of pyridine rings is 2. The molecule has 4 aromatic rings. The normalized spacial score (nSPS) is 16.0. The summed E-state index contributed by atoms with van der Waals surface area (Å²) < 4.78 is 7.62. The molecule has 0 unspecified atom stereocenters. The summed E-state index contributed by atoms with van der Waals surface area (Å²) in [5, 5.41) is 4.79. The first kappa shape index (κ1) is 17.1. The molecule has 1 saturated heterocycles. The molecular weight excluding hydrogens is 350 g/mol. The van der Waals surface area contributed by atoms with Gasteiger partial charge in [-0.15, -0.1) is 0 Å². The van der Waals surface area contributed by atoms with Gasteiger partial charge in [-0.05, 0) is 74.8 Å². The molecule has 28 heavy (non-hydrogen) atoms. The van der Waals surface area contributed by atoms with Crippen LogP contribution in [0, 0.1) is 6.92 Å². The summed E-state index contributed by atoms with van der Waals surface area (Å²) >= 11 is 0. The van der Waals surface area contributed by atoms with Crippen LogP contribution in [0.2, 0.25) is 0 Å². The topological polar surface area (TPSA) is 59.5 Å². The second-order valence-corrected chi connectivity index (χ2v) is 7.49. The Morgan fingerprint density at radius 2 is 1.82 bits per heavy atom. The van der Waals surface area contributed by atoms with Crippen LogP contribution >= 0.6 is 0 Å². The van der Waals surface area contributed by atoms with Gasteiger partial charge in [-0.1, -0.05) is 0 Å². The minimum Gasteiger partial charge on any atom is -0.465 e. The lowest BCUT2D eigenvalue weighted by molar-refractivity contribution is 0.187. The van der Waals surface area contributed by atoms with Gasteiger partial charge in [0.25, 0.3) is 0 Å². The maximum atomic E-state index is 5.71. The minimum absolute atomic E-state index is 0.416. The van der Waals surface area contributed by atoms with Gasteiger partial charge in [-0.25, -0.2) is 9.50 Å². The van der Waals surface area contributed by atoms with Crippen molar-refractivity contribution in [3.63, 3.8) is 0 Å². The molecule has 0 amide bonds. The molecule has 1 aliphatic rings. The highest BCUT2D eigenvalue weighted by atomic mass is 16.3. The average Bonchev–Trinajstić information content (AvgIpc) is 3.34. The van der Waals surface area contributed by atoms with E-state index in [1.807, 2.05) is 48.1 Å². The van der Waals surface area contributed by atoms with Crippen molar-refractivity contribution >= 4 is 5.65 Å². The summed E-state index contributed by atoms with van der Waals surface area (Å²) in [5.41, 5.74) is 3.16. The fourth-order valence-corrected chi connectivity index (χ4v) is 3.93. The van der Waals surface area contributed by atoms with Crippen molar-refractivity contribution in [1.29, 1.82) is 0 Å². The minimum atomic E-state index is 0.416. The lowest BCUT2D eigenvalue weighted by atomic mass is 9.96. The quantitative estimate of drug-likeness (QED) is 0.540. The summed E-state index contributed by atoms with van der Waals surface area (Å²) in [4.78, 5) is 11.3. The predicted octanol–water partition coefficient (Wildman–Crippen LogP) is 4.07. The highest BCUT2D eigenvalue weighted by Gasteiger charge is 2.24. The highest BCUT2D eigenvalue weighted by Crippen LogP contribution is 2.28. The van der Waals surface area contributed by atoms with Crippen LogP contribution in [0.1, 0.15) is 36.1 Å². The van der Waals surface area contributed by atoms with E-state index in [4.69, 9.17) is 14.5 Å². The van der Waals surface area contributed by atoms with Crippen LogP contribution in [0.3, 0.4) is 0 Å². The largest absolute Gasteiger partial charge is 0.465 e. The summed E-state index contributed by atoms with van der Waals surface area (Å²) in [6.45, 7) is 4.96. The number of fused-ring (bicyclic) bond motifs is 1. The van der Waals surface area contributed by atoms with Crippen LogP contribution in [-0.4, -0.2) is 37.6 Å². The van der Waals surface area contributed by atoms with E-state index in [1.54, 1.807) is 0 Å². The molecule has 6 heteroatoms. The maximum absolute atomic E-state index is 5.71. The van der Waals surface area contributed by atoms with Crippen LogP contribution in [0.5, 0.6) is 0 Å². The molecule has 142 valence electrons. The van der Waals surface area contributed by atoms with Crippen molar-refractivity contribution < 1.29 is 4.42 Å². The molecule has 5 rings (SSSR count). The van der Waals surface area contributed by atoms with Crippen LogP contribution < -0.4 is 0 Å². The van der Waals surface area contributed by atoms with Gasteiger partial charge >= 0.3 is 0 Å². The Balaban J connectivity index is 1.29. The highest BCUT2D eigenvalue weighted by molar-refractivity contribution is 5.63. The Bertz CT molecular complexity index is 1080. The lowest BCUT2D eigenvalue weighted by Gasteiger charge is -2.29. The van der Waals surface area contributed by atoms with Gasteiger partial charge in [-0.3, -0.25) is 9.88 Å². The molecule has 0 aliphatic carbocycles. The molecule has 0 spiro atoms. The third kappa shape index (κ3) is 3.43. The number of aromatic nitrogens is 4. The van der Waals surface area contributed by atoms with E-state index in [-0.39, 0.29) is 0 Å². The molecule has 0 atom stereocenters. The van der Waals surface area contributed by atoms with Gasteiger partial charge in [0.2, 0.25) is 0 Å². The summed E-state index contributed by atoms with van der Waals surface area (Å²) in [6, 6.07) is 12.3. The first-order valence-electron chi connectivity index (χ1n) is 9.79. The van der Waals surface area contributed by atoms with Crippen molar-refractivity contribution in [1.82, 2.24) is 24.5 Å². The van der Waals surface area contributed by atoms with Gasteiger partial charge in [0, 0.05) is 30.1 Å². The van der Waals surface area contributed by atoms with Crippen molar-refractivity contribution in [3.8, 4) is 11.1 Å².